The number of alkyl halides is 1. The Morgan fingerprint density at radius 1 is 1.31 bits per heavy atom. The summed E-state index contributed by atoms with van der Waals surface area (Å²) in [4.78, 5) is 25.9. The lowest BCUT2D eigenvalue weighted by atomic mass is 10.1. The second kappa shape index (κ2) is 9.25. The zero-order valence-corrected chi connectivity index (χ0v) is 20.7. The number of rotatable bonds is 5. The molecular weight excluding hydrogens is 457 g/mol. The summed E-state index contributed by atoms with van der Waals surface area (Å²) in [5.74, 6) is 5.78. The van der Waals surface area contributed by atoms with Crippen molar-refractivity contribution in [3.8, 4) is 11.8 Å². The first-order chi connectivity index (χ1) is 17.2. The second-order valence-electron chi connectivity index (χ2n) is 9.60. The summed E-state index contributed by atoms with van der Waals surface area (Å²) in [6.07, 6.45) is 0.943. The maximum Gasteiger partial charge on any atom is 0.270 e. The molecule has 0 saturated heterocycles. The van der Waals surface area contributed by atoms with Gasteiger partial charge in [0.05, 0.1) is 18.6 Å². The van der Waals surface area contributed by atoms with Crippen LogP contribution in [0.4, 0.5) is 4.39 Å². The summed E-state index contributed by atoms with van der Waals surface area (Å²) in [7, 11) is 1.60. The van der Waals surface area contributed by atoms with Crippen LogP contribution in [0.2, 0.25) is 0 Å². The summed E-state index contributed by atoms with van der Waals surface area (Å²) in [5, 5.41) is 4.10. The van der Waals surface area contributed by atoms with Gasteiger partial charge in [-0.05, 0) is 50.4 Å². The van der Waals surface area contributed by atoms with Crippen molar-refractivity contribution < 1.29 is 13.9 Å². The van der Waals surface area contributed by atoms with Gasteiger partial charge in [-0.15, -0.1) is 0 Å². The average molecular weight is 486 g/mol. The van der Waals surface area contributed by atoms with Gasteiger partial charge in [-0.3, -0.25) is 4.79 Å². The van der Waals surface area contributed by atoms with Gasteiger partial charge in [-0.25, -0.2) is 14.4 Å². The summed E-state index contributed by atoms with van der Waals surface area (Å²) >= 11 is 0. The minimum Gasteiger partial charge on any atom is -0.366 e. The number of aromatic nitrogens is 4. The number of methoxy groups -OCH3 is 1. The molecule has 0 saturated carbocycles. The normalized spacial score (nSPS) is 15.9. The van der Waals surface area contributed by atoms with Gasteiger partial charge in [0.15, 0.2) is 0 Å². The molecule has 8 heteroatoms. The van der Waals surface area contributed by atoms with Crippen molar-refractivity contribution in [2.45, 2.75) is 51.6 Å². The molecule has 2 atom stereocenters. The van der Waals surface area contributed by atoms with Crippen LogP contribution in [-0.4, -0.2) is 44.3 Å². The Labute approximate surface area is 209 Å². The van der Waals surface area contributed by atoms with Crippen molar-refractivity contribution in [2.24, 2.45) is 0 Å². The summed E-state index contributed by atoms with van der Waals surface area (Å²) in [6.45, 7) is 5.84. The molecule has 0 aliphatic carbocycles. The highest BCUT2D eigenvalue weighted by molar-refractivity contribution is 5.93. The van der Waals surface area contributed by atoms with Gasteiger partial charge in [-0.1, -0.05) is 30.0 Å². The number of fused-ring (bicyclic) bond motifs is 2. The third-order valence-corrected chi connectivity index (χ3v) is 6.40. The minimum absolute atomic E-state index is 0.245. The molecule has 1 unspecified atom stereocenters. The third kappa shape index (κ3) is 4.75. The molecule has 184 valence electrons. The molecule has 1 aliphatic rings. The smallest absolute Gasteiger partial charge is 0.270 e. The van der Waals surface area contributed by atoms with Crippen molar-refractivity contribution in [1.82, 2.24) is 24.8 Å². The molecule has 3 aromatic heterocycles. The first-order valence-corrected chi connectivity index (χ1v) is 11.9. The lowest BCUT2D eigenvalue weighted by Gasteiger charge is -2.18. The number of imidazole rings is 1. The van der Waals surface area contributed by atoms with Crippen LogP contribution in [0.5, 0.6) is 0 Å². The van der Waals surface area contributed by atoms with Crippen LogP contribution in [0.15, 0.2) is 48.8 Å². The molecule has 4 heterocycles. The SMILES string of the molecule is COC(C)(C)C#Cc1cc(C)nc(C(=O)NC(c2cc3ccccc3[nH]2)c2ncn3c2C[C@@H](F)C3)c1. The maximum atomic E-state index is 14.2. The van der Waals surface area contributed by atoms with Crippen molar-refractivity contribution in [1.29, 1.82) is 0 Å². The monoisotopic (exact) mass is 485 g/mol. The average Bonchev–Trinajstić information content (AvgIpc) is 3.54. The first kappa shape index (κ1) is 23.8. The number of aromatic amines is 1. The van der Waals surface area contributed by atoms with Crippen molar-refractivity contribution in [3.63, 3.8) is 0 Å². The number of amides is 1. The van der Waals surface area contributed by atoms with E-state index in [1.807, 2.05) is 61.7 Å². The van der Waals surface area contributed by atoms with Crippen LogP contribution >= 0.6 is 0 Å². The summed E-state index contributed by atoms with van der Waals surface area (Å²) in [5.41, 5.74) is 4.10. The predicted octanol–water partition coefficient (Wildman–Crippen LogP) is 4.26. The molecule has 0 spiro atoms. The first-order valence-electron chi connectivity index (χ1n) is 11.9. The number of para-hydroxylation sites is 1. The van der Waals surface area contributed by atoms with E-state index in [1.165, 1.54) is 0 Å². The van der Waals surface area contributed by atoms with Gasteiger partial charge >= 0.3 is 0 Å². The fourth-order valence-corrected chi connectivity index (χ4v) is 4.41. The van der Waals surface area contributed by atoms with Crippen LogP contribution in [-0.2, 0) is 17.7 Å². The number of nitrogens with one attached hydrogen (secondary N) is 2. The molecule has 2 N–H and O–H groups in total. The molecule has 0 radical (unpaired) electrons. The maximum absolute atomic E-state index is 14.2. The topological polar surface area (TPSA) is 84.8 Å². The van der Waals surface area contributed by atoms with Crippen molar-refractivity contribution >= 4 is 16.8 Å². The van der Waals surface area contributed by atoms with E-state index >= 15 is 0 Å². The van der Waals surface area contributed by atoms with Crippen LogP contribution < -0.4 is 5.32 Å². The quantitative estimate of drug-likeness (QED) is 0.414. The molecule has 7 nitrogen and oxygen atoms in total. The van der Waals surface area contributed by atoms with Gasteiger partial charge in [0.2, 0.25) is 0 Å². The number of carbonyl (C=O) groups excluding carboxylic acids is 1. The van der Waals surface area contributed by atoms with E-state index in [0.717, 1.165) is 22.3 Å². The highest BCUT2D eigenvalue weighted by Crippen LogP contribution is 2.30. The Bertz CT molecular complexity index is 1470. The Morgan fingerprint density at radius 2 is 2.11 bits per heavy atom. The molecule has 1 amide bonds. The zero-order valence-electron chi connectivity index (χ0n) is 20.7. The Morgan fingerprint density at radius 3 is 2.89 bits per heavy atom. The van der Waals surface area contributed by atoms with Gasteiger partial charge in [0.25, 0.3) is 5.91 Å². The number of pyridine rings is 1. The second-order valence-corrected chi connectivity index (χ2v) is 9.60. The summed E-state index contributed by atoms with van der Waals surface area (Å²) < 4.78 is 21.4. The number of hydrogen-bond acceptors (Lipinski definition) is 4. The minimum atomic E-state index is -0.961. The van der Waals surface area contributed by atoms with E-state index in [0.29, 0.717) is 17.0 Å². The van der Waals surface area contributed by atoms with Crippen LogP contribution in [0.3, 0.4) is 0 Å². The predicted molar refractivity (Wildman–Crippen MR) is 135 cm³/mol. The molecule has 4 aromatic rings. The fourth-order valence-electron chi connectivity index (χ4n) is 4.41. The largest absolute Gasteiger partial charge is 0.366 e. The van der Waals surface area contributed by atoms with Crippen LogP contribution in [0, 0.1) is 18.8 Å². The molecular formula is C28H28FN5O2. The standard InChI is InChI=1S/C28H28FN5O2/c1-17-11-18(9-10-28(2,3)36-4)12-23(31-17)27(35)33-25(22-13-19-7-5-6-8-21(19)32-22)26-24-14-20(29)15-34(24)16-30-26/h5-8,11-13,16,20,25,32H,14-15H2,1-4H3,(H,33,35)/t20-,25?/m1/s1. The Balaban J connectivity index is 1.51. The molecule has 1 aliphatic heterocycles. The molecule has 36 heavy (non-hydrogen) atoms. The third-order valence-electron chi connectivity index (χ3n) is 6.40. The molecule has 5 rings (SSSR count). The zero-order chi connectivity index (χ0) is 25.4. The van der Waals surface area contributed by atoms with E-state index in [2.05, 4.69) is 32.1 Å². The van der Waals surface area contributed by atoms with E-state index in [4.69, 9.17) is 4.74 Å². The van der Waals surface area contributed by atoms with E-state index < -0.39 is 17.8 Å². The number of carbonyl (C=O) groups is 1. The van der Waals surface area contributed by atoms with Gasteiger partial charge in [0.1, 0.15) is 23.5 Å². The highest BCUT2D eigenvalue weighted by atomic mass is 19.1. The Hall–Kier alpha value is -3.96. The van der Waals surface area contributed by atoms with Crippen LogP contribution in [0.1, 0.15) is 58.7 Å². The molecule has 1 aromatic carbocycles. The number of ether oxygens (including phenoxy) is 1. The van der Waals surface area contributed by atoms with Crippen LogP contribution in [0.25, 0.3) is 10.9 Å². The Kier molecular flexibility index (Phi) is 6.10. The fraction of sp³-hybridized carbons (Fsp3) is 0.321. The van der Waals surface area contributed by atoms with E-state index in [1.54, 1.807) is 19.5 Å². The number of H-pyrrole nitrogens is 1. The number of hydrogen-bond donors (Lipinski definition) is 2. The number of halogens is 1. The van der Waals surface area contributed by atoms with E-state index in [-0.39, 0.29) is 24.6 Å². The highest BCUT2D eigenvalue weighted by Gasteiger charge is 2.31. The van der Waals surface area contributed by atoms with Gasteiger partial charge < -0.3 is 19.6 Å². The van der Waals surface area contributed by atoms with E-state index in [9.17, 15) is 9.18 Å². The van der Waals surface area contributed by atoms with Gasteiger partial charge in [0, 0.05) is 41.7 Å². The molecule has 0 bridgehead atoms. The van der Waals surface area contributed by atoms with Crippen molar-refractivity contribution in [2.75, 3.05) is 7.11 Å². The number of aryl methyl sites for hydroxylation is 1. The summed E-state index contributed by atoms with van der Waals surface area (Å²) in [6, 6.07) is 12.8. The lowest BCUT2D eigenvalue weighted by molar-refractivity contribution is 0.0741. The van der Waals surface area contributed by atoms with Gasteiger partial charge in [-0.2, -0.15) is 0 Å². The number of benzene rings is 1. The molecule has 0 fully saturated rings. The van der Waals surface area contributed by atoms with Crippen molar-refractivity contribution in [3.05, 3.63) is 82.8 Å². The number of nitrogens with zero attached hydrogens (tertiary/aromatic N) is 3. The lowest BCUT2D eigenvalue weighted by Crippen LogP contribution is -2.31.